The SMILES string of the molecule is C=C1[C@H](OC(=O)C(C)C)[C@@H](OC(C)=O)[C@@H](OC(C)=O)C(C)(C)/C=C/[C@H](C)C(=O)[C@@]2(O)C[C@H](C)[C@H](OC(=O)c3ccccc3)[C@@H]2[C@H]1OC(C)=O. The molecule has 1 saturated carbocycles. The number of aliphatic hydroxyl groups is 1. The van der Waals surface area contributed by atoms with Crippen molar-refractivity contribution < 1.29 is 57.6 Å². The Morgan fingerprint density at radius 2 is 1.41 bits per heavy atom. The van der Waals surface area contributed by atoms with E-state index in [0.29, 0.717) is 0 Å². The molecule has 0 heterocycles. The van der Waals surface area contributed by atoms with E-state index >= 15 is 0 Å². The molecule has 49 heavy (non-hydrogen) atoms. The largest absolute Gasteiger partial charge is 0.458 e. The number of Topliss-reactive ketones (excluding diaryl/α,β-unsaturated/α-hetero) is 1. The Hall–Kier alpha value is -4.32. The van der Waals surface area contributed by atoms with Crippen LogP contribution in [0.5, 0.6) is 0 Å². The van der Waals surface area contributed by atoms with E-state index in [1.807, 2.05) is 0 Å². The number of ether oxygens (including phenoxy) is 5. The molecule has 0 aromatic heterocycles. The smallest absolute Gasteiger partial charge is 0.338 e. The van der Waals surface area contributed by atoms with Crippen LogP contribution in [0.4, 0.5) is 0 Å². The maximum atomic E-state index is 14.3. The van der Waals surface area contributed by atoms with Gasteiger partial charge in [0.1, 0.15) is 17.8 Å². The fourth-order valence-electron chi connectivity index (χ4n) is 6.61. The van der Waals surface area contributed by atoms with E-state index in [9.17, 15) is 33.9 Å². The Morgan fingerprint density at radius 3 is 1.94 bits per heavy atom. The molecule has 0 amide bonds. The maximum absolute atomic E-state index is 14.3. The van der Waals surface area contributed by atoms with E-state index in [2.05, 4.69) is 6.58 Å². The number of hydrogen-bond acceptors (Lipinski definition) is 12. The Labute approximate surface area is 287 Å². The molecule has 268 valence electrons. The number of fused-ring (bicyclic) bond motifs is 1. The number of hydrogen-bond donors (Lipinski definition) is 1. The van der Waals surface area contributed by atoms with Gasteiger partial charge in [0.25, 0.3) is 0 Å². The predicted molar refractivity (Wildman–Crippen MR) is 175 cm³/mol. The second-order valence-corrected chi connectivity index (χ2v) is 13.9. The van der Waals surface area contributed by atoms with Crippen molar-refractivity contribution in [1.82, 2.24) is 0 Å². The minimum atomic E-state index is -2.25. The summed E-state index contributed by atoms with van der Waals surface area (Å²) in [6.45, 7) is 17.2. The molecule has 1 N–H and O–H groups in total. The van der Waals surface area contributed by atoms with Crippen molar-refractivity contribution in [2.75, 3.05) is 0 Å². The van der Waals surface area contributed by atoms with Gasteiger partial charge in [-0.05, 0) is 24.5 Å². The molecule has 0 spiro atoms. The topological polar surface area (TPSA) is 169 Å². The monoisotopic (exact) mass is 684 g/mol. The average molecular weight is 685 g/mol. The summed E-state index contributed by atoms with van der Waals surface area (Å²) in [5, 5.41) is 12.5. The average Bonchev–Trinajstić information content (AvgIpc) is 3.27. The molecular weight excluding hydrogens is 636 g/mol. The number of ketones is 1. The number of esters is 5. The van der Waals surface area contributed by atoms with Crippen LogP contribution in [0.25, 0.3) is 0 Å². The van der Waals surface area contributed by atoms with Gasteiger partial charge in [-0.2, -0.15) is 0 Å². The van der Waals surface area contributed by atoms with Crippen LogP contribution in [0.2, 0.25) is 0 Å². The summed E-state index contributed by atoms with van der Waals surface area (Å²) in [6, 6.07) is 8.09. The third-order valence-electron chi connectivity index (χ3n) is 9.00. The quantitative estimate of drug-likeness (QED) is 0.246. The number of rotatable bonds is 7. The molecule has 0 aliphatic heterocycles. The zero-order valence-corrected chi connectivity index (χ0v) is 29.6. The first-order valence-electron chi connectivity index (χ1n) is 16.3. The summed E-state index contributed by atoms with van der Waals surface area (Å²) < 4.78 is 29.3. The summed E-state index contributed by atoms with van der Waals surface area (Å²) in [7, 11) is 0. The van der Waals surface area contributed by atoms with E-state index in [1.165, 1.54) is 18.2 Å². The van der Waals surface area contributed by atoms with Crippen LogP contribution in [0.1, 0.15) is 79.1 Å². The summed E-state index contributed by atoms with van der Waals surface area (Å²) in [4.78, 5) is 79.0. The second-order valence-electron chi connectivity index (χ2n) is 13.9. The van der Waals surface area contributed by atoms with Crippen LogP contribution in [-0.4, -0.2) is 76.9 Å². The highest BCUT2D eigenvalue weighted by atomic mass is 16.6. The van der Waals surface area contributed by atoms with Gasteiger partial charge in [-0.25, -0.2) is 4.79 Å². The molecule has 12 heteroatoms. The number of carbonyl (C=O) groups is 6. The van der Waals surface area contributed by atoms with Crippen LogP contribution < -0.4 is 0 Å². The molecule has 0 saturated heterocycles. The third kappa shape index (κ3) is 8.83. The zero-order valence-electron chi connectivity index (χ0n) is 29.6. The van der Waals surface area contributed by atoms with Crippen LogP contribution in [0.3, 0.4) is 0 Å². The van der Waals surface area contributed by atoms with Gasteiger partial charge in [0.15, 0.2) is 24.1 Å². The van der Waals surface area contributed by atoms with Crippen molar-refractivity contribution in [2.24, 2.45) is 29.1 Å². The van der Waals surface area contributed by atoms with Gasteiger partial charge in [0.05, 0.1) is 17.4 Å². The molecule has 3 rings (SSSR count). The Kier molecular flexibility index (Phi) is 12.4. The first-order chi connectivity index (χ1) is 22.7. The lowest BCUT2D eigenvalue weighted by molar-refractivity contribution is -0.192. The fraction of sp³-hybridized carbons (Fsp3) is 0.568. The molecule has 0 unspecified atom stereocenters. The van der Waals surface area contributed by atoms with Gasteiger partial charge in [0.2, 0.25) is 0 Å². The number of benzene rings is 1. The van der Waals surface area contributed by atoms with E-state index in [0.717, 1.165) is 20.8 Å². The van der Waals surface area contributed by atoms with E-state index in [1.54, 1.807) is 65.8 Å². The molecule has 9 atom stereocenters. The second kappa shape index (κ2) is 15.5. The van der Waals surface area contributed by atoms with Crippen molar-refractivity contribution in [3.05, 3.63) is 60.2 Å². The van der Waals surface area contributed by atoms with E-state index < -0.39 is 101 Å². The van der Waals surface area contributed by atoms with Crippen LogP contribution in [0, 0.1) is 29.1 Å². The normalized spacial score (nSPS) is 32.1. The van der Waals surface area contributed by atoms with Crippen molar-refractivity contribution in [3.63, 3.8) is 0 Å². The highest BCUT2D eigenvalue weighted by Gasteiger charge is 2.63. The Bertz CT molecular complexity index is 1480. The Morgan fingerprint density at radius 1 is 0.837 bits per heavy atom. The zero-order chi connectivity index (χ0) is 37.0. The van der Waals surface area contributed by atoms with Crippen LogP contribution in [-0.2, 0) is 47.7 Å². The van der Waals surface area contributed by atoms with Gasteiger partial charge < -0.3 is 28.8 Å². The van der Waals surface area contributed by atoms with Crippen molar-refractivity contribution in [3.8, 4) is 0 Å². The van der Waals surface area contributed by atoms with Crippen molar-refractivity contribution in [2.45, 2.75) is 105 Å². The summed E-state index contributed by atoms with van der Waals surface area (Å²) >= 11 is 0. The number of allylic oxidation sites excluding steroid dienone is 1. The highest BCUT2D eigenvalue weighted by molar-refractivity contribution is 5.92. The molecule has 2 aliphatic carbocycles. The van der Waals surface area contributed by atoms with Gasteiger partial charge in [-0.1, -0.05) is 78.5 Å². The lowest BCUT2D eigenvalue weighted by Crippen LogP contribution is -2.58. The summed E-state index contributed by atoms with van der Waals surface area (Å²) in [5.74, 6) is -8.37. The molecule has 1 aromatic rings. The molecule has 1 fully saturated rings. The lowest BCUT2D eigenvalue weighted by Gasteiger charge is -2.44. The van der Waals surface area contributed by atoms with E-state index in [4.69, 9.17) is 23.7 Å². The minimum absolute atomic E-state index is 0.185. The molecule has 0 radical (unpaired) electrons. The summed E-state index contributed by atoms with van der Waals surface area (Å²) in [6.07, 6.45) is -4.48. The fourth-order valence-corrected chi connectivity index (χ4v) is 6.61. The number of carbonyl (C=O) groups excluding carboxylic acids is 6. The standard InChI is InChI=1S/C37H48O12/c1-19(2)34(42)49-30-22(5)29(45-23(6)38)27-28(48-35(43)26-14-12-11-13-15-26)21(4)18-37(27,44)32(41)20(3)16-17-36(9,10)33(47-25(8)40)31(30)46-24(7)39/h11-17,19-21,27-31,33,44H,5,18H2,1-4,6-10H3/b17-16+/t20-,21-,27+,28-,29-,30-,31+,33+,37+/m0/s1. The van der Waals surface area contributed by atoms with Crippen LogP contribution in [0.15, 0.2) is 54.6 Å². The minimum Gasteiger partial charge on any atom is -0.458 e. The predicted octanol–water partition coefficient (Wildman–Crippen LogP) is 4.32. The lowest BCUT2D eigenvalue weighted by atomic mass is 9.72. The third-order valence-corrected chi connectivity index (χ3v) is 9.00. The van der Waals surface area contributed by atoms with Gasteiger partial charge in [-0.15, -0.1) is 0 Å². The first-order valence-corrected chi connectivity index (χ1v) is 16.3. The van der Waals surface area contributed by atoms with Crippen molar-refractivity contribution >= 4 is 35.6 Å². The molecular formula is C37H48O12. The molecule has 2 aliphatic rings. The van der Waals surface area contributed by atoms with Gasteiger partial charge in [-0.3, -0.25) is 24.0 Å². The first kappa shape index (κ1) is 39.1. The van der Waals surface area contributed by atoms with E-state index in [-0.39, 0.29) is 17.6 Å². The maximum Gasteiger partial charge on any atom is 0.338 e. The summed E-state index contributed by atoms with van der Waals surface area (Å²) in [5.41, 5.74) is -3.44. The molecule has 12 nitrogen and oxygen atoms in total. The Balaban J connectivity index is 2.40. The molecule has 0 bridgehead atoms. The van der Waals surface area contributed by atoms with Gasteiger partial charge >= 0.3 is 29.8 Å². The highest BCUT2D eigenvalue weighted by Crippen LogP contribution is 2.49. The molecule has 1 aromatic carbocycles. The van der Waals surface area contributed by atoms with Crippen molar-refractivity contribution in [1.29, 1.82) is 0 Å². The van der Waals surface area contributed by atoms with Crippen LogP contribution >= 0.6 is 0 Å². The van der Waals surface area contributed by atoms with Gasteiger partial charge in [0, 0.05) is 37.7 Å².